The number of ether oxygens (including phenoxy) is 1. The van der Waals surface area contributed by atoms with E-state index < -0.39 is 0 Å². The molecule has 6 nitrogen and oxygen atoms in total. The number of anilines is 1. The third kappa shape index (κ3) is 8.67. The molecular formula is C25H33N3O3S. The first kappa shape index (κ1) is 25.3. The molecule has 0 aliphatic rings. The highest BCUT2D eigenvalue weighted by molar-refractivity contribution is 7.80. The molecule has 0 aliphatic heterocycles. The number of unbranched alkanes of at least 4 members (excludes halogenated alkanes) is 3. The number of nitrogens with one attached hydrogen (secondary N) is 3. The van der Waals surface area contributed by atoms with Crippen molar-refractivity contribution in [3.8, 4) is 5.75 Å². The molecule has 2 aromatic rings. The molecular weight excluding hydrogens is 422 g/mol. The highest BCUT2D eigenvalue weighted by Crippen LogP contribution is 2.19. The van der Waals surface area contributed by atoms with Crippen molar-refractivity contribution >= 4 is 34.8 Å². The Labute approximate surface area is 196 Å². The Morgan fingerprint density at radius 3 is 2.44 bits per heavy atom. The topological polar surface area (TPSA) is 79.5 Å². The van der Waals surface area contributed by atoms with E-state index in [1.165, 1.54) is 6.42 Å². The summed E-state index contributed by atoms with van der Waals surface area (Å²) in [6.07, 6.45) is 4.38. The van der Waals surface area contributed by atoms with Crippen LogP contribution in [0.4, 0.5) is 5.69 Å². The summed E-state index contributed by atoms with van der Waals surface area (Å²) in [5.74, 6) is -0.000414. The Kier molecular flexibility index (Phi) is 9.65. The largest absolute Gasteiger partial charge is 0.493 e. The first-order valence-electron chi connectivity index (χ1n) is 11.0. The van der Waals surface area contributed by atoms with Crippen LogP contribution >= 0.6 is 12.2 Å². The Morgan fingerprint density at radius 1 is 0.969 bits per heavy atom. The van der Waals surface area contributed by atoms with Crippen LogP contribution in [-0.2, 0) is 0 Å². The van der Waals surface area contributed by atoms with E-state index in [9.17, 15) is 9.59 Å². The first-order valence-corrected chi connectivity index (χ1v) is 11.4. The molecule has 0 saturated heterocycles. The van der Waals surface area contributed by atoms with E-state index >= 15 is 0 Å². The summed E-state index contributed by atoms with van der Waals surface area (Å²) in [6.45, 7) is 8.49. The lowest BCUT2D eigenvalue weighted by Gasteiger charge is -2.20. The fourth-order valence-electron chi connectivity index (χ4n) is 2.97. The Hall–Kier alpha value is -2.93. The second-order valence-corrected chi connectivity index (χ2v) is 9.01. The molecule has 0 heterocycles. The van der Waals surface area contributed by atoms with E-state index in [4.69, 9.17) is 17.0 Å². The van der Waals surface area contributed by atoms with Gasteiger partial charge in [0.2, 0.25) is 0 Å². The van der Waals surface area contributed by atoms with Gasteiger partial charge in [-0.25, -0.2) is 0 Å². The van der Waals surface area contributed by atoms with Gasteiger partial charge in [0.1, 0.15) is 5.75 Å². The fourth-order valence-corrected chi connectivity index (χ4v) is 3.19. The Balaban J connectivity index is 1.97. The smallest absolute Gasteiger partial charge is 0.261 e. The average Bonchev–Trinajstić information content (AvgIpc) is 2.72. The highest BCUT2D eigenvalue weighted by Gasteiger charge is 2.16. The van der Waals surface area contributed by atoms with Gasteiger partial charge in [0, 0.05) is 16.8 Å². The number of hydrogen-bond donors (Lipinski definition) is 3. The summed E-state index contributed by atoms with van der Waals surface area (Å²) in [4.78, 5) is 25.1. The van der Waals surface area contributed by atoms with Gasteiger partial charge in [-0.05, 0) is 69.7 Å². The predicted octanol–water partition coefficient (Wildman–Crippen LogP) is 5.30. The van der Waals surface area contributed by atoms with Crippen LogP contribution in [0.2, 0.25) is 0 Å². The molecule has 0 bridgehead atoms. The lowest BCUT2D eigenvalue weighted by atomic mass is 10.1. The van der Waals surface area contributed by atoms with Gasteiger partial charge in [0.05, 0.1) is 12.2 Å². The van der Waals surface area contributed by atoms with Crippen LogP contribution < -0.4 is 20.7 Å². The van der Waals surface area contributed by atoms with E-state index in [1.807, 2.05) is 26.8 Å². The summed E-state index contributed by atoms with van der Waals surface area (Å²) in [7, 11) is 0. The summed E-state index contributed by atoms with van der Waals surface area (Å²) in [5, 5.41) is 8.71. The van der Waals surface area contributed by atoms with Gasteiger partial charge < -0.3 is 15.4 Å². The Morgan fingerprint density at radius 2 is 1.72 bits per heavy atom. The van der Waals surface area contributed by atoms with Crippen LogP contribution in [0.25, 0.3) is 0 Å². The van der Waals surface area contributed by atoms with Crippen molar-refractivity contribution in [3.05, 3.63) is 59.7 Å². The van der Waals surface area contributed by atoms with Crippen molar-refractivity contribution in [2.75, 3.05) is 11.9 Å². The van der Waals surface area contributed by atoms with Crippen molar-refractivity contribution in [1.82, 2.24) is 10.6 Å². The molecule has 0 aliphatic carbocycles. The number of carbonyl (C=O) groups excluding carboxylic acids is 2. The van der Waals surface area contributed by atoms with Crippen LogP contribution in [0.1, 0.15) is 74.1 Å². The monoisotopic (exact) mass is 455 g/mol. The second kappa shape index (κ2) is 12.2. The average molecular weight is 456 g/mol. The summed E-state index contributed by atoms with van der Waals surface area (Å²) >= 11 is 5.30. The minimum atomic E-state index is -0.353. The molecule has 0 atom stereocenters. The lowest BCUT2D eigenvalue weighted by molar-refractivity contribution is 0.0918. The van der Waals surface area contributed by atoms with Gasteiger partial charge in [0.25, 0.3) is 11.8 Å². The molecule has 0 saturated carbocycles. The molecule has 0 unspecified atom stereocenters. The molecule has 2 rings (SSSR count). The summed E-state index contributed by atoms with van der Waals surface area (Å²) in [6, 6.07) is 14.1. The maximum Gasteiger partial charge on any atom is 0.261 e. The molecule has 32 heavy (non-hydrogen) atoms. The number of thiocarbonyl (C=S) groups is 1. The van der Waals surface area contributed by atoms with Crippen LogP contribution in [0.5, 0.6) is 5.75 Å². The predicted molar refractivity (Wildman–Crippen MR) is 133 cm³/mol. The van der Waals surface area contributed by atoms with Crippen LogP contribution in [0.3, 0.4) is 0 Å². The third-order valence-electron chi connectivity index (χ3n) is 4.49. The molecule has 7 heteroatoms. The van der Waals surface area contributed by atoms with Crippen LogP contribution in [0, 0.1) is 0 Å². The number of benzene rings is 2. The van der Waals surface area contributed by atoms with Crippen LogP contribution in [-0.4, -0.2) is 29.1 Å². The molecule has 0 spiro atoms. The van der Waals surface area contributed by atoms with Crippen molar-refractivity contribution in [1.29, 1.82) is 0 Å². The number of carbonyl (C=O) groups is 2. The van der Waals surface area contributed by atoms with Gasteiger partial charge in [-0.15, -0.1) is 0 Å². The standard InChI is InChI=1S/C25H33N3O3S/c1-5-6-7-10-16-31-21-15-9-8-14-20(21)23(30)27-24(32)26-19-13-11-12-18(17-19)22(29)28-25(2,3)4/h8-9,11-15,17H,5-7,10,16H2,1-4H3,(H,28,29)(H2,26,27,30,32). The minimum absolute atomic E-state index is 0.140. The molecule has 172 valence electrons. The van der Waals surface area contributed by atoms with Crippen molar-refractivity contribution in [2.24, 2.45) is 0 Å². The van der Waals surface area contributed by atoms with Gasteiger partial charge in [-0.2, -0.15) is 0 Å². The first-order chi connectivity index (χ1) is 15.2. The summed E-state index contributed by atoms with van der Waals surface area (Å²) in [5.41, 5.74) is 1.19. The number of rotatable bonds is 9. The van der Waals surface area contributed by atoms with Crippen LogP contribution in [0.15, 0.2) is 48.5 Å². The normalized spacial score (nSPS) is 10.9. The number of para-hydroxylation sites is 1. The summed E-state index contributed by atoms with van der Waals surface area (Å²) < 4.78 is 5.82. The highest BCUT2D eigenvalue weighted by atomic mass is 32.1. The molecule has 0 fully saturated rings. The zero-order valence-electron chi connectivity index (χ0n) is 19.3. The quantitative estimate of drug-likeness (QED) is 0.353. The molecule has 0 aromatic heterocycles. The lowest BCUT2D eigenvalue weighted by Crippen LogP contribution is -2.40. The molecule has 2 aromatic carbocycles. The van der Waals surface area contributed by atoms with E-state index in [0.29, 0.717) is 29.2 Å². The van der Waals surface area contributed by atoms with Crippen molar-refractivity contribution < 1.29 is 14.3 Å². The molecule has 0 radical (unpaired) electrons. The van der Waals surface area contributed by atoms with E-state index in [0.717, 1.165) is 19.3 Å². The van der Waals surface area contributed by atoms with Gasteiger partial charge in [-0.3, -0.25) is 14.9 Å². The maximum absolute atomic E-state index is 12.8. The van der Waals surface area contributed by atoms with Gasteiger partial charge in [-0.1, -0.05) is 44.4 Å². The fraction of sp³-hybridized carbons (Fsp3) is 0.400. The second-order valence-electron chi connectivity index (χ2n) is 8.60. The van der Waals surface area contributed by atoms with Crippen molar-refractivity contribution in [2.45, 2.75) is 58.9 Å². The number of amides is 2. The zero-order valence-corrected chi connectivity index (χ0v) is 20.1. The maximum atomic E-state index is 12.8. The SMILES string of the molecule is CCCCCCOc1ccccc1C(=O)NC(=S)Nc1cccc(C(=O)NC(C)(C)C)c1. The van der Waals surface area contributed by atoms with E-state index in [2.05, 4.69) is 22.9 Å². The zero-order chi connectivity index (χ0) is 23.6. The minimum Gasteiger partial charge on any atom is -0.493 e. The third-order valence-corrected chi connectivity index (χ3v) is 4.69. The molecule has 3 N–H and O–H groups in total. The Bertz CT molecular complexity index is 938. The van der Waals surface area contributed by atoms with Gasteiger partial charge in [0.15, 0.2) is 5.11 Å². The van der Waals surface area contributed by atoms with E-state index in [-0.39, 0.29) is 22.5 Å². The molecule has 2 amide bonds. The van der Waals surface area contributed by atoms with Gasteiger partial charge >= 0.3 is 0 Å². The van der Waals surface area contributed by atoms with Crippen molar-refractivity contribution in [3.63, 3.8) is 0 Å². The number of hydrogen-bond acceptors (Lipinski definition) is 4. The van der Waals surface area contributed by atoms with E-state index in [1.54, 1.807) is 42.5 Å².